The molecule has 0 saturated heterocycles. The van der Waals surface area contributed by atoms with Crippen molar-refractivity contribution >= 4 is 22.8 Å². The maximum absolute atomic E-state index is 11.4. The van der Waals surface area contributed by atoms with E-state index in [0.29, 0.717) is 10.9 Å². The molecule has 4 N–H and O–H groups in total. The van der Waals surface area contributed by atoms with E-state index in [2.05, 4.69) is 15.2 Å². The molecule has 0 amide bonds. The van der Waals surface area contributed by atoms with Crippen molar-refractivity contribution in [3.63, 3.8) is 0 Å². The fourth-order valence-electron chi connectivity index (χ4n) is 2.00. The van der Waals surface area contributed by atoms with Crippen LogP contribution in [0.15, 0.2) is 35.1 Å². The molecular formula is C14H9N3O6. The molecular weight excluding hydrogens is 306 g/mol. The monoisotopic (exact) mass is 315 g/mol. The minimum atomic E-state index is -1.28. The van der Waals surface area contributed by atoms with Crippen LogP contribution in [0.25, 0.3) is 10.9 Å². The summed E-state index contributed by atoms with van der Waals surface area (Å²) in [4.78, 5) is 35.7. The van der Waals surface area contributed by atoms with Crippen LogP contribution in [-0.2, 0) is 0 Å². The van der Waals surface area contributed by atoms with Crippen LogP contribution in [0.4, 0.5) is 0 Å². The van der Waals surface area contributed by atoms with Crippen LogP contribution < -0.4 is 10.3 Å². The van der Waals surface area contributed by atoms with Crippen LogP contribution in [0.3, 0.4) is 0 Å². The molecule has 0 fully saturated rings. The molecule has 0 spiro atoms. The number of aromatic amines is 2. The van der Waals surface area contributed by atoms with Gasteiger partial charge in [0.05, 0.1) is 22.0 Å². The molecule has 3 rings (SSSR count). The molecule has 0 aliphatic heterocycles. The molecule has 23 heavy (non-hydrogen) atoms. The highest BCUT2D eigenvalue weighted by molar-refractivity contribution is 5.95. The number of hydrogen-bond donors (Lipinski definition) is 4. The summed E-state index contributed by atoms with van der Waals surface area (Å²) >= 11 is 0. The summed E-state index contributed by atoms with van der Waals surface area (Å²) < 4.78 is 5.38. The molecule has 3 aromatic rings. The van der Waals surface area contributed by atoms with Crippen LogP contribution in [0.2, 0.25) is 0 Å². The van der Waals surface area contributed by atoms with E-state index < -0.39 is 17.5 Å². The normalized spacial score (nSPS) is 10.6. The average molecular weight is 315 g/mol. The Morgan fingerprint density at radius 2 is 1.78 bits per heavy atom. The fraction of sp³-hybridized carbons (Fsp3) is 0. The van der Waals surface area contributed by atoms with Crippen molar-refractivity contribution in [3.05, 3.63) is 51.8 Å². The third kappa shape index (κ3) is 2.75. The van der Waals surface area contributed by atoms with Crippen LogP contribution >= 0.6 is 0 Å². The molecule has 2 heterocycles. The summed E-state index contributed by atoms with van der Waals surface area (Å²) in [6.45, 7) is 0. The summed E-state index contributed by atoms with van der Waals surface area (Å²) in [5, 5.41) is 24.9. The van der Waals surface area contributed by atoms with Gasteiger partial charge in [0.2, 0.25) is 11.8 Å². The van der Waals surface area contributed by atoms with E-state index in [1.807, 2.05) is 0 Å². The van der Waals surface area contributed by atoms with E-state index >= 15 is 0 Å². The zero-order valence-electron chi connectivity index (χ0n) is 11.4. The van der Waals surface area contributed by atoms with Crippen molar-refractivity contribution in [2.24, 2.45) is 0 Å². The van der Waals surface area contributed by atoms with Gasteiger partial charge in [-0.15, -0.1) is 5.10 Å². The number of rotatable bonds is 4. The second-order valence-corrected chi connectivity index (χ2v) is 4.60. The SMILES string of the molecule is O=C(O)c1cc(Oc2n[nH]c3ccc(C(=O)O)cc23)[nH]c(=O)c1. The zero-order valence-corrected chi connectivity index (χ0v) is 11.4. The number of aromatic carboxylic acids is 2. The fourth-order valence-corrected chi connectivity index (χ4v) is 2.00. The maximum atomic E-state index is 11.4. The Bertz CT molecular complexity index is 988. The number of fused-ring (bicyclic) bond motifs is 1. The predicted molar refractivity (Wildman–Crippen MR) is 77.1 cm³/mol. The molecule has 0 radical (unpaired) electrons. The van der Waals surface area contributed by atoms with Crippen molar-refractivity contribution in [3.8, 4) is 11.8 Å². The van der Waals surface area contributed by atoms with E-state index in [9.17, 15) is 14.4 Å². The van der Waals surface area contributed by atoms with E-state index in [1.165, 1.54) is 18.2 Å². The maximum Gasteiger partial charge on any atom is 0.336 e. The van der Waals surface area contributed by atoms with Crippen LogP contribution in [-0.4, -0.2) is 37.3 Å². The minimum Gasteiger partial charge on any atom is -0.478 e. The standard InChI is InChI=1S/C14H9N3O6/c18-10-4-7(14(21)22)5-11(15-10)23-12-8-3-6(13(19)20)1-2-9(8)16-17-12/h1-5H,(H,15,18)(H,16,17)(H,19,20)(H,21,22). The second-order valence-electron chi connectivity index (χ2n) is 4.60. The van der Waals surface area contributed by atoms with Gasteiger partial charge in [-0.3, -0.25) is 14.9 Å². The lowest BCUT2D eigenvalue weighted by Crippen LogP contribution is -2.10. The van der Waals surface area contributed by atoms with Crippen LogP contribution in [0, 0.1) is 0 Å². The number of carboxylic acid groups (broad SMARTS) is 2. The molecule has 1 aromatic carbocycles. The topological polar surface area (TPSA) is 145 Å². The first-order valence-corrected chi connectivity index (χ1v) is 6.31. The molecule has 116 valence electrons. The number of pyridine rings is 1. The first-order chi connectivity index (χ1) is 10.9. The lowest BCUT2D eigenvalue weighted by Gasteiger charge is -2.03. The minimum absolute atomic E-state index is 0.0151. The van der Waals surface area contributed by atoms with Crippen molar-refractivity contribution in [2.45, 2.75) is 0 Å². The molecule has 0 unspecified atom stereocenters. The van der Waals surface area contributed by atoms with Gasteiger partial charge in [-0.05, 0) is 18.2 Å². The molecule has 0 saturated carbocycles. The van der Waals surface area contributed by atoms with Gasteiger partial charge < -0.3 is 14.9 Å². The molecule has 0 atom stereocenters. The lowest BCUT2D eigenvalue weighted by atomic mass is 10.1. The van der Waals surface area contributed by atoms with Gasteiger partial charge in [0.25, 0.3) is 5.56 Å². The molecule has 9 nitrogen and oxygen atoms in total. The first kappa shape index (κ1) is 14.3. The Morgan fingerprint density at radius 1 is 1.04 bits per heavy atom. The number of carbonyl (C=O) groups is 2. The molecule has 0 bridgehead atoms. The Balaban J connectivity index is 2.05. The summed E-state index contributed by atoms with van der Waals surface area (Å²) in [5.74, 6) is -2.49. The molecule has 2 aromatic heterocycles. The third-order valence-electron chi connectivity index (χ3n) is 3.05. The summed E-state index contributed by atoms with van der Waals surface area (Å²) in [6, 6.07) is 6.33. The number of ether oxygens (including phenoxy) is 1. The van der Waals surface area contributed by atoms with Gasteiger partial charge in [0.15, 0.2) is 0 Å². The van der Waals surface area contributed by atoms with E-state index in [1.54, 1.807) is 0 Å². The molecule has 0 aliphatic rings. The highest BCUT2D eigenvalue weighted by atomic mass is 16.5. The highest BCUT2D eigenvalue weighted by Gasteiger charge is 2.13. The van der Waals surface area contributed by atoms with E-state index in [0.717, 1.165) is 12.1 Å². The highest BCUT2D eigenvalue weighted by Crippen LogP contribution is 2.27. The van der Waals surface area contributed by atoms with Crippen molar-refractivity contribution in [1.29, 1.82) is 0 Å². The Labute approximate surface area is 127 Å². The van der Waals surface area contributed by atoms with E-state index in [-0.39, 0.29) is 22.9 Å². The van der Waals surface area contributed by atoms with Crippen molar-refractivity contribution in [1.82, 2.24) is 15.2 Å². The van der Waals surface area contributed by atoms with Gasteiger partial charge in [0.1, 0.15) is 0 Å². The smallest absolute Gasteiger partial charge is 0.336 e. The van der Waals surface area contributed by atoms with Crippen molar-refractivity contribution in [2.75, 3.05) is 0 Å². The second kappa shape index (κ2) is 5.30. The number of nitrogens with one attached hydrogen (secondary N) is 2. The average Bonchev–Trinajstić information content (AvgIpc) is 2.89. The summed E-state index contributed by atoms with van der Waals surface area (Å²) in [7, 11) is 0. The molecule has 0 aliphatic carbocycles. The zero-order chi connectivity index (χ0) is 16.6. The van der Waals surface area contributed by atoms with Gasteiger partial charge in [-0.1, -0.05) is 0 Å². The Kier molecular flexibility index (Phi) is 3.30. The number of nitrogens with zero attached hydrogens (tertiary/aromatic N) is 1. The number of benzene rings is 1. The summed E-state index contributed by atoms with van der Waals surface area (Å²) in [5.41, 5.74) is -0.320. The lowest BCUT2D eigenvalue weighted by molar-refractivity contribution is 0.0685. The van der Waals surface area contributed by atoms with Gasteiger partial charge in [-0.25, -0.2) is 9.59 Å². The van der Waals surface area contributed by atoms with Crippen molar-refractivity contribution < 1.29 is 24.5 Å². The third-order valence-corrected chi connectivity index (χ3v) is 3.05. The number of aromatic nitrogens is 3. The summed E-state index contributed by atoms with van der Waals surface area (Å²) in [6.07, 6.45) is 0. The predicted octanol–water partition coefficient (Wildman–Crippen LogP) is 1.44. The number of hydrogen-bond acceptors (Lipinski definition) is 5. The quantitative estimate of drug-likeness (QED) is 0.569. The molecule has 9 heteroatoms. The van der Waals surface area contributed by atoms with Gasteiger partial charge in [-0.2, -0.15) is 0 Å². The number of H-pyrrole nitrogens is 2. The van der Waals surface area contributed by atoms with Gasteiger partial charge in [0, 0.05) is 12.1 Å². The Morgan fingerprint density at radius 3 is 2.48 bits per heavy atom. The first-order valence-electron chi connectivity index (χ1n) is 6.31. The number of carboxylic acids is 2. The van der Waals surface area contributed by atoms with Crippen LogP contribution in [0.5, 0.6) is 11.8 Å². The van der Waals surface area contributed by atoms with Gasteiger partial charge >= 0.3 is 11.9 Å². The Hall–Kier alpha value is -3.62. The largest absolute Gasteiger partial charge is 0.478 e. The van der Waals surface area contributed by atoms with E-state index in [4.69, 9.17) is 14.9 Å². The van der Waals surface area contributed by atoms with Crippen LogP contribution in [0.1, 0.15) is 20.7 Å².